The smallest absolute Gasteiger partial charge is 0.309 e. The van der Waals surface area contributed by atoms with Crippen molar-refractivity contribution in [2.75, 3.05) is 6.54 Å². The van der Waals surface area contributed by atoms with Crippen LogP contribution in [0.25, 0.3) is 0 Å². The van der Waals surface area contributed by atoms with Crippen molar-refractivity contribution in [3.63, 3.8) is 0 Å². The molecule has 0 bridgehead atoms. The fraction of sp³-hybridized carbons (Fsp3) is 0.750. The second kappa shape index (κ2) is 4.09. The lowest BCUT2D eigenvalue weighted by Crippen LogP contribution is -2.37. The maximum Gasteiger partial charge on any atom is 0.309 e. The van der Waals surface area contributed by atoms with E-state index in [-0.39, 0.29) is 5.41 Å². The number of nitrogens with two attached hydrogens (primary N) is 1. The summed E-state index contributed by atoms with van der Waals surface area (Å²) in [6, 6.07) is 0. The number of primary amides is 1. The minimum absolute atomic E-state index is 0.158. The highest BCUT2D eigenvalue weighted by atomic mass is 16.2. The summed E-state index contributed by atoms with van der Waals surface area (Å²) in [6.45, 7) is 6.67. The van der Waals surface area contributed by atoms with Crippen molar-refractivity contribution in [3.8, 4) is 0 Å². The van der Waals surface area contributed by atoms with Crippen LogP contribution in [0.4, 0.5) is 0 Å². The molecule has 0 fully saturated rings. The third-order valence-electron chi connectivity index (χ3n) is 1.38. The molecule has 0 unspecified atom stereocenters. The molecule has 0 aliphatic carbocycles. The van der Waals surface area contributed by atoms with Crippen LogP contribution < -0.4 is 11.1 Å². The minimum Gasteiger partial charge on any atom is -0.361 e. The van der Waals surface area contributed by atoms with Gasteiger partial charge >= 0.3 is 11.8 Å². The van der Waals surface area contributed by atoms with Crippen LogP contribution in [0.5, 0.6) is 0 Å². The van der Waals surface area contributed by atoms with Gasteiger partial charge in [-0.3, -0.25) is 9.59 Å². The van der Waals surface area contributed by atoms with Gasteiger partial charge in [-0.05, 0) is 11.8 Å². The highest BCUT2D eigenvalue weighted by Gasteiger charge is 2.12. The zero-order chi connectivity index (χ0) is 9.78. The van der Waals surface area contributed by atoms with E-state index in [1.165, 1.54) is 0 Å². The third-order valence-corrected chi connectivity index (χ3v) is 1.38. The van der Waals surface area contributed by atoms with Gasteiger partial charge in [0.1, 0.15) is 0 Å². The standard InChI is InChI=1S/C8H16N2O2/c1-8(2,3)4-5-10-7(12)6(9)11/h4-5H2,1-3H3,(H2,9,11)(H,10,12). The highest BCUT2D eigenvalue weighted by molar-refractivity contribution is 6.34. The first-order valence-electron chi connectivity index (χ1n) is 3.90. The Morgan fingerprint density at radius 2 is 1.83 bits per heavy atom. The number of rotatable bonds is 2. The molecule has 0 spiro atoms. The van der Waals surface area contributed by atoms with Crippen molar-refractivity contribution >= 4 is 11.8 Å². The predicted octanol–water partition coefficient (Wildman–Crippen LogP) is 0.0241. The number of hydrogen-bond donors (Lipinski definition) is 2. The third kappa shape index (κ3) is 5.70. The molecule has 3 N–H and O–H groups in total. The molecule has 0 aliphatic heterocycles. The van der Waals surface area contributed by atoms with Crippen LogP contribution in [0.1, 0.15) is 27.2 Å². The molecular weight excluding hydrogens is 156 g/mol. The van der Waals surface area contributed by atoms with Gasteiger partial charge in [0.05, 0.1) is 0 Å². The second-order valence-electron chi connectivity index (χ2n) is 3.93. The van der Waals surface area contributed by atoms with E-state index in [1.807, 2.05) is 0 Å². The topological polar surface area (TPSA) is 72.2 Å². The summed E-state index contributed by atoms with van der Waals surface area (Å²) in [6.07, 6.45) is 0.825. The van der Waals surface area contributed by atoms with E-state index in [9.17, 15) is 9.59 Å². The molecule has 70 valence electrons. The SMILES string of the molecule is CC(C)(C)CCNC(=O)C(N)=O. The molecular formula is C8H16N2O2. The quantitative estimate of drug-likeness (QED) is 0.576. The van der Waals surface area contributed by atoms with Crippen molar-refractivity contribution < 1.29 is 9.59 Å². The lowest BCUT2D eigenvalue weighted by molar-refractivity contribution is -0.137. The summed E-state index contributed by atoms with van der Waals surface area (Å²) in [4.78, 5) is 20.9. The Bertz CT molecular complexity index is 182. The van der Waals surface area contributed by atoms with Crippen LogP contribution in [0, 0.1) is 5.41 Å². The largest absolute Gasteiger partial charge is 0.361 e. The first-order chi connectivity index (χ1) is 5.33. The van der Waals surface area contributed by atoms with Gasteiger partial charge in [0, 0.05) is 6.54 Å². The molecule has 0 aliphatic rings. The summed E-state index contributed by atoms with van der Waals surface area (Å²) >= 11 is 0. The Balaban J connectivity index is 3.58. The fourth-order valence-corrected chi connectivity index (χ4v) is 0.638. The zero-order valence-electron chi connectivity index (χ0n) is 7.81. The summed E-state index contributed by atoms with van der Waals surface area (Å²) in [5.41, 5.74) is 4.89. The molecule has 0 heterocycles. The zero-order valence-corrected chi connectivity index (χ0v) is 7.81. The number of amides is 2. The van der Waals surface area contributed by atoms with E-state index in [0.717, 1.165) is 6.42 Å². The molecule has 4 nitrogen and oxygen atoms in total. The Hall–Kier alpha value is -1.06. The van der Waals surface area contributed by atoms with Crippen LogP contribution in [0.2, 0.25) is 0 Å². The van der Waals surface area contributed by atoms with E-state index in [1.54, 1.807) is 0 Å². The van der Waals surface area contributed by atoms with E-state index in [4.69, 9.17) is 5.73 Å². The van der Waals surface area contributed by atoms with E-state index >= 15 is 0 Å². The normalized spacial score (nSPS) is 10.9. The second-order valence-corrected chi connectivity index (χ2v) is 3.93. The highest BCUT2D eigenvalue weighted by Crippen LogP contribution is 2.16. The Kier molecular flexibility index (Phi) is 3.73. The molecule has 12 heavy (non-hydrogen) atoms. The van der Waals surface area contributed by atoms with E-state index in [0.29, 0.717) is 6.54 Å². The maximum atomic E-state index is 10.6. The molecule has 0 aromatic heterocycles. The average molecular weight is 172 g/mol. The Labute approximate surface area is 72.5 Å². The van der Waals surface area contributed by atoms with Crippen molar-refractivity contribution in [1.82, 2.24) is 5.32 Å². The molecule has 0 aromatic rings. The first kappa shape index (κ1) is 10.9. The van der Waals surface area contributed by atoms with Crippen LogP contribution in [-0.4, -0.2) is 18.4 Å². The molecule has 0 saturated heterocycles. The fourth-order valence-electron chi connectivity index (χ4n) is 0.638. The van der Waals surface area contributed by atoms with Crippen LogP contribution in [-0.2, 0) is 9.59 Å². The summed E-state index contributed by atoms with van der Waals surface area (Å²) < 4.78 is 0. The lowest BCUT2D eigenvalue weighted by atomic mass is 9.92. The molecule has 0 atom stereocenters. The van der Waals surface area contributed by atoms with Crippen molar-refractivity contribution in [2.24, 2.45) is 11.1 Å². The lowest BCUT2D eigenvalue weighted by Gasteiger charge is -2.17. The van der Waals surface area contributed by atoms with Gasteiger partial charge in [0.2, 0.25) is 0 Å². The summed E-state index contributed by atoms with van der Waals surface area (Å²) in [7, 11) is 0. The van der Waals surface area contributed by atoms with Gasteiger partial charge in [0.25, 0.3) is 0 Å². The number of hydrogen-bond acceptors (Lipinski definition) is 2. The summed E-state index contributed by atoms with van der Waals surface area (Å²) in [5.74, 6) is -1.64. The molecule has 2 amide bonds. The number of nitrogens with one attached hydrogen (secondary N) is 1. The van der Waals surface area contributed by atoms with Crippen molar-refractivity contribution in [3.05, 3.63) is 0 Å². The van der Waals surface area contributed by atoms with E-state index < -0.39 is 11.8 Å². The molecule has 0 aromatic carbocycles. The average Bonchev–Trinajstić information content (AvgIpc) is 1.84. The van der Waals surface area contributed by atoms with Crippen LogP contribution in [0.3, 0.4) is 0 Å². The molecule has 0 rings (SSSR count). The van der Waals surface area contributed by atoms with E-state index in [2.05, 4.69) is 26.1 Å². The summed E-state index contributed by atoms with van der Waals surface area (Å²) in [5, 5.41) is 2.43. The van der Waals surface area contributed by atoms with Crippen molar-refractivity contribution in [2.45, 2.75) is 27.2 Å². The van der Waals surface area contributed by atoms with Gasteiger partial charge in [0.15, 0.2) is 0 Å². The maximum absolute atomic E-state index is 10.6. The monoisotopic (exact) mass is 172 g/mol. The number of carbonyl (C=O) groups excluding carboxylic acids is 2. The molecule has 4 heteroatoms. The van der Waals surface area contributed by atoms with Crippen LogP contribution >= 0.6 is 0 Å². The minimum atomic E-state index is -0.927. The van der Waals surface area contributed by atoms with Crippen LogP contribution in [0.15, 0.2) is 0 Å². The van der Waals surface area contributed by atoms with Gasteiger partial charge in [-0.1, -0.05) is 20.8 Å². The number of carbonyl (C=O) groups is 2. The predicted molar refractivity (Wildman–Crippen MR) is 46.3 cm³/mol. The molecule has 0 radical (unpaired) electrons. The van der Waals surface area contributed by atoms with Gasteiger partial charge in [-0.2, -0.15) is 0 Å². The van der Waals surface area contributed by atoms with Gasteiger partial charge in [-0.25, -0.2) is 0 Å². The van der Waals surface area contributed by atoms with Crippen molar-refractivity contribution in [1.29, 1.82) is 0 Å². The Morgan fingerprint density at radius 1 is 1.33 bits per heavy atom. The van der Waals surface area contributed by atoms with Gasteiger partial charge < -0.3 is 11.1 Å². The van der Waals surface area contributed by atoms with Gasteiger partial charge in [-0.15, -0.1) is 0 Å². The molecule has 0 saturated carbocycles. The first-order valence-corrected chi connectivity index (χ1v) is 3.90. The Morgan fingerprint density at radius 3 is 2.17 bits per heavy atom.